The van der Waals surface area contributed by atoms with Crippen LogP contribution in [0.3, 0.4) is 0 Å². The number of anilines is 1. The lowest BCUT2D eigenvalue weighted by Crippen LogP contribution is -2.38. The Bertz CT molecular complexity index is 435. The standard InChI is InChI=1S/C10H13N3O4/c1-3-7(10(14)15)12(2)8-4-5-11-6-9(8)13(16)17/h4-7H,3H2,1-2H3,(H,14,15). The Kier molecular flexibility index (Phi) is 3.97. The molecule has 17 heavy (non-hydrogen) atoms. The highest BCUT2D eigenvalue weighted by Gasteiger charge is 2.26. The molecule has 0 spiro atoms. The number of carbonyl (C=O) groups is 1. The van der Waals surface area contributed by atoms with Gasteiger partial charge in [0.05, 0.1) is 4.92 Å². The second-order valence-corrected chi connectivity index (χ2v) is 3.49. The van der Waals surface area contributed by atoms with Crippen LogP contribution in [0.15, 0.2) is 18.5 Å². The Balaban J connectivity index is 3.15. The molecule has 1 rings (SSSR count). The second-order valence-electron chi connectivity index (χ2n) is 3.49. The summed E-state index contributed by atoms with van der Waals surface area (Å²) in [5.74, 6) is -1.01. The molecule has 1 aromatic heterocycles. The maximum Gasteiger partial charge on any atom is 0.326 e. The van der Waals surface area contributed by atoms with E-state index in [-0.39, 0.29) is 11.4 Å². The number of aliphatic carboxylic acids is 1. The van der Waals surface area contributed by atoms with E-state index in [1.54, 1.807) is 6.92 Å². The molecular weight excluding hydrogens is 226 g/mol. The van der Waals surface area contributed by atoms with Crippen LogP contribution in [0.2, 0.25) is 0 Å². The first-order valence-corrected chi connectivity index (χ1v) is 5.03. The van der Waals surface area contributed by atoms with Gasteiger partial charge in [0, 0.05) is 13.2 Å². The summed E-state index contributed by atoms with van der Waals surface area (Å²) < 4.78 is 0. The molecule has 92 valence electrons. The Hall–Kier alpha value is -2.18. The number of likely N-dealkylation sites (N-methyl/N-ethyl adjacent to an activating group) is 1. The van der Waals surface area contributed by atoms with E-state index in [1.807, 2.05) is 0 Å². The largest absolute Gasteiger partial charge is 0.480 e. The molecule has 0 amide bonds. The van der Waals surface area contributed by atoms with E-state index in [9.17, 15) is 14.9 Å². The summed E-state index contributed by atoms with van der Waals surface area (Å²) >= 11 is 0. The molecule has 0 aromatic carbocycles. The first-order valence-electron chi connectivity index (χ1n) is 5.03. The van der Waals surface area contributed by atoms with Gasteiger partial charge in [0.1, 0.15) is 17.9 Å². The topological polar surface area (TPSA) is 96.6 Å². The van der Waals surface area contributed by atoms with Crippen LogP contribution in [-0.2, 0) is 4.79 Å². The molecule has 0 fully saturated rings. The van der Waals surface area contributed by atoms with Crippen molar-refractivity contribution in [2.24, 2.45) is 0 Å². The van der Waals surface area contributed by atoms with Gasteiger partial charge in [-0.3, -0.25) is 15.1 Å². The van der Waals surface area contributed by atoms with Gasteiger partial charge in [0.2, 0.25) is 0 Å². The summed E-state index contributed by atoms with van der Waals surface area (Å²) in [6, 6.07) is 0.639. The van der Waals surface area contributed by atoms with Gasteiger partial charge in [0.25, 0.3) is 0 Å². The average Bonchev–Trinajstić information content (AvgIpc) is 2.29. The van der Waals surface area contributed by atoms with Gasteiger partial charge >= 0.3 is 11.7 Å². The van der Waals surface area contributed by atoms with Crippen molar-refractivity contribution in [3.63, 3.8) is 0 Å². The smallest absolute Gasteiger partial charge is 0.326 e. The summed E-state index contributed by atoms with van der Waals surface area (Å²) in [6.45, 7) is 1.71. The van der Waals surface area contributed by atoms with E-state index in [0.717, 1.165) is 6.20 Å². The first-order chi connectivity index (χ1) is 7.99. The van der Waals surface area contributed by atoms with E-state index in [1.165, 1.54) is 24.2 Å². The monoisotopic (exact) mass is 239 g/mol. The second kappa shape index (κ2) is 5.24. The van der Waals surface area contributed by atoms with Crippen molar-refractivity contribution in [1.82, 2.24) is 4.98 Å². The van der Waals surface area contributed by atoms with E-state index in [4.69, 9.17) is 5.11 Å². The summed E-state index contributed by atoms with van der Waals surface area (Å²) in [7, 11) is 1.52. The molecular formula is C10H13N3O4. The maximum atomic E-state index is 11.0. The van der Waals surface area contributed by atoms with E-state index in [0.29, 0.717) is 6.42 Å². The van der Waals surface area contributed by atoms with Gasteiger partial charge < -0.3 is 10.0 Å². The molecule has 1 N–H and O–H groups in total. The van der Waals surface area contributed by atoms with Crippen molar-refractivity contribution in [3.05, 3.63) is 28.6 Å². The molecule has 1 unspecified atom stereocenters. The quantitative estimate of drug-likeness (QED) is 0.614. The van der Waals surface area contributed by atoms with Gasteiger partial charge in [0.15, 0.2) is 0 Å². The minimum absolute atomic E-state index is 0.199. The molecule has 0 aliphatic heterocycles. The predicted octanol–water partition coefficient (Wildman–Crippen LogP) is 1.29. The third-order valence-electron chi connectivity index (χ3n) is 2.49. The van der Waals surface area contributed by atoms with Crippen LogP contribution in [0, 0.1) is 10.1 Å². The molecule has 0 aliphatic rings. The fraction of sp³-hybridized carbons (Fsp3) is 0.400. The van der Waals surface area contributed by atoms with Crippen molar-refractivity contribution in [2.45, 2.75) is 19.4 Å². The predicted molar refractivity (Wildman–Crippen MR) is 61.0 cm³/mol. The van der Waals surface area contributed by atoms with Crippen LogP contribution >= 0.6 is 0 Å². The number of nitro groups is 1. The summed E-state index contributed by atoms with van der Waals surface area (Å²) in [4.78, 5) is 26.3. The minimum Gasteiger partial charge on any atom is -0.480 e. The van der Waals surface area contributed by atoms with Crippen LogP contribution in [0.5, 0.6) is 0 Å². The van der Waals surface area contributed by atoms with Crippen molar-refractivity contribution in [3.8, 4) is 0 Å². The summed E-state index contributed by atoms with van der Waals surface area (Å²) in [5, 5.41) is 19.8. The number of hydrogen-bond donors (Lipinski definition) is 1. The van der Waals surface area contributed by atoms with Crippen LogP contribution in [0.4, 0.5) is 11.4 Å². The van der Waals surface area contributed by atoms with Crippen molar-refractivity contribution >= 4 is 17.3 Å². The molecule has 0 saturated heterocycles. The van der Waals surface area contributed by atoms with Gasteiger partial charge in [-0.1, -0.05) is 6.92 Å². The third-order valence-corrected chi connectivity index (χ3v) is 2.49. The van der Waals surface area contributed by atoms with Crippen molar-refractivity contribution in [2.75, 3.05) is 11.9 Å². The fourth-order valence-corrected chi connectivity index (χ4v) is 1.60. The molecule has 1 aromatic rings. The molecule has 1 atom stereocenters. The van der Waals surface area contributed by atoms with Crippen molar-refractivity contribution < 1.29 is 14.8 Å². The minimum atomic E-state index is -1.01. The van der Waals surface area contributed by atoms with Crippen LogP contribution in [-0.4, -0.2) is 34.1 Å². The number of pyridine rings is 1. The highest BCUT2D eigenvalue weighted by atomic mass is 16.6. The molecule has 1 heterocycles. The third kappa shape index (κ3) is 2.68. The lowest BCUT2D eigenvalue weighted by Gasteiger charge is -2.25. The number of hydrogen-bond acceptors (Lipinski definition) is 5. The van der Waals surface area contributed by atoms with E-state index >= 15 is 0 Å². The molecule has 0 radical (unpaired) electrons. The zero-order chi connectivity index (χ0) is 13.0. The van der Waals surface area contributed by atoms with E-state index < -0.39 is 16.9 Å². The number of aromatic nitrogens is 1. The highest BCUT2D eigenvalue weighted by Crippen LogP contribution is 2.27. The molecule has 0 saturated carbocycles. The van der Waals surface area contributed by atoms with Gasteiger partial charge in [-0.15, -0.1) is 0 Å². The van der Waals surface area contributed by atoms with Gasteiger partial charge in [-0.2, -0.15) is 0 Å². The SMILES string of the molecule is CCC(C(=O)O)N(C)c1ccncc1[N+](=O)[O-]. The molecule has 7 heteroatoms. The molecule has 0 bridgehead atoms. The van der Waals surface area contributed by atoms with Crippen LogP contribution in [0.1, 0.15) is 13.3 Å². The Morgan fingerprint density at radius 1 is 1.71 bits per heavy atom. The zero-order valence-corrected chi connectivity index (χ0v) is 9.53. The normalized spacial score (nSPS) is 11.9. The van der Waals surface area contributed by atoms with Gasteiger partial charge in [-0.25, -0.2) is 4.79 Å². The number of rotatable bonds is 5. The highest BCUT2D eigenvalue weighted by molar-refractivity contribution is 5.79. The Morgan fingerprint density at radius 2 is 2.35 bits per heavy atom. The Morgan fingerprint density at radius 3 is 2.82 bits per heavy atom. The molecule has 7 nitrogen and oxygen atoms in total. The van der Waals surface area contributed by atoms with E-state index in [2.05, 4.69) is 4.98 Å². The average molecular weight is 239 g/mol. The summed E-state index contributed by atoms with van der Waals surface area (Å²) in [6.07, 6.45) is 2.86. The maximum absolute atomic E-state index is 11.0. The Labute approximate surface area is 97.8 Å². The van der Waals surface area contributed by atoms with Crippen molar-refractivity contribution in [1.29, 1.82) is 0 Å². The van der Waals surface area contributed by atoms with Gasteiger partial charge in [-0.05, 0) is 12.5 Å². The summed E-state index contributed by atoms with van der Waals surface area (Å²) in [5.41, 5.74) is 0.0500. The van der Waals surface area contributed by atoms with Crippen LogP contribution in [0.25, 0.3) is 0 Å². The lowest BCUT2D eigenvalue weighted by atomic mass is 10.2. The fourth-order valence-electron chi connectivity index (χ4n) is 1.60. The number of nitrogens with zero attached hydrogens (tertiary/aromatic N) is 3. The number of carboxylic acid groups (broad SMARTS) is 1. The molecule has 0 aliphatic carbocycles. The van der Waals surface area contributed by atoms with Crippen LogP contribution < -0.4 is 4.90 Å². The number of carboxylic acids is 1. The first kappa shape index (κ1) is 12.9. The zero-order valence-electron chi connectivity index (χ0n) is 9.53. The lowest BCUT2D eigenvalue weighted by molar-refractivity contribution is -0.384.